The van der Waals surface area contributed by atoms with Gasteiger partial charge in [0.1, 0.15) is 18.0 Å². The lowest BCUT2D eigenvalue weighted by Gasteiger charge is -2.25. The zero-order valence-corrected chi connectivity index (χ0v) is 15.1. The summed E-state index contributed by atoms with van der Waals surface area (Å²) in [6.07, 6.45) is -4.71. The predicted molar refractivity (Wildman–Crippen MR) is 97.3 cm³/mol. The smallest absolute Gasteiger partial charge is 0.425 e. The second-order valence-corrected chi connectivity index (χ2v) is 5.77. The first kappa shape index (κ1) is 21.6. The zero-order chi connectivity index (χ0) is 20.5. The van der Waals surface area contributed by atoms with E-state index >= 15 is 0 Å². The number of ether oxygens (including phenoxy) is 5. The first-order valence-electron chi connectivity index (χ1n) is 8.49. The maximum atomic E-state index is 12.1. The van der Waals surface area contributed by atoms with Gasteiger partial charge in [0.15, 0.2) is 18.5 Å². The van der Waals surface area contributed by atoms with Crippen molar-refractivity contribution in [2.75, 3.05) is 13.2 Å². The molecule has 1 amide bonds. The first-order chi connectivity index (χ1) is 13.5. The van der Waals surface area contributed by atoms with E-state index in [1.54, 1.807) is 30.3 Å². The van der Waals surface area contributed by atoms with E-state index in [0.29, 0.717) is 0 Å². The maximum absolute atomic E-state index is 12.1. The second kappa shape index (κ2) is 10.6. The van der Waals surface area contributed by atoms with Gasteiger partial charge in [-0.25, -0.2) is 4.79 Å². The average molecular weight is 393 g/mol. The highest BCUT2D eigenvalue weighted by Crippen LogP contribution is 2.29. The summed E-state index contributed by atoms with van der Waals surface area (Å²) in [6, 6.07) is 8.19. The number of amides is 1. The van der Waals surface area contributed by atoms with Crippen molar-refractivity contribution in [3.8, 4) is 5.75 Å². The Balaban J connectivity index is 2.16. The fourth-order valence-electron chi connectivity index (χ4n) is 2.57. The van der Waals surface area contributed by atoms with Gasteiger partial charge in [-0.1, -0.05) is 30.4 Å². The van der Waals surface area contributed by atoms with Gasteiger partial charge in [0.05, 0.1) is 13.2 Å². The molecule has 1 aliphatic heterocycles. The molecule has 1 aliphatic rings. The molecule has 9 nitrogen and oxygen atoms in total. The van der Waals surface area contributed by atoms with Crippen molar-refractivity contribution < 1.29 is 38.4 Å². The minimum absolute atomic E-state index is 0.0110. The van der Waals surface area contributed by atoms with Crippen LogP contribution in [-0.4, -0.2) is 61.1 Å². The summed E-state index contributed by atoms with van der Waals surface area (Å²) < 4.78 is 26.4. The molecule has 0 radical (unpaired) electrons. The van der Waals surface area contributed by atoms with Crippen molar-refractivity contribution in [1.82, 2.24) is 0 Å². The molecule has 2 rings (SSSR count). The molecule has 0 spiro atoms. The van der Waals surface area contributed by atoms with Crippen LogP contribution >= 0.6 is 0 Å². The van der Waals surface area contributed by atoms with Crippen LogP contribution in [0.25, 0.3) is 0 Å². The van der Waals surface area contributed by atoms with Crippen molar-refractivity contribution in [1.29, 1.82) is 0 Å². The maximum Gasteiger partial charge on any atom is 0.514 e. The summed E-state index contributed by atoms with van der Waals surface area (Å²) in [7, 11) is 0. The second-order valence-electron chi connectivity index (χ2n) is 5.77. The third-order valence-electron chi connectivity index (χ3n) is 3.76. The molecule has 0 bridgehead atoms. The Bertz CT molecular complexity index is 680. The third kappa shape index (κ3) is 5.64. The number of hydrogen-bond donors (Lipinski definition) is 2. The molecule has 28 heavy (non-hydrogen) atoms. The number of primary amides is 1. The van der Waals surface area contributed by atoms with Crippen LogP contribution in [0.1, 0.15) is 0 Å². The minimum Gasteiger partial charge on any atom is -0.425 e. The van der Waals surface area contributed by atoms with Crippen molar-refractivity contribution in [2.24, 2.45) is 5.73 Å². The van der Waals surface area contributed by atoms with Crippen LogP contribution in [0.15, 0.2) is 55.6 Å². The highest BCUT2D eigenvalue weighted by molar-refractivity contribution is 5.80. The number of aliphatic hydroxyl groups excluding tert-OH is 1. The largest absolute Gasteiger partial charge is 0.514 e. The van der Waals surface area contributed by atoms with Gasteiger partial charge in [0.2, 0.25) is 5.91 Å². The van der Waals surface area contributed by atoms with Crippen molar-refractivity contribution in [3.63, 3.8) is 0 Å². The van der Waals surface area contributed by atoms with Gasteiger partial charge in [-0.3, -0.25) is 4.79 Å². The predicted octanol–water partition coefficient (Wildman–Crippen LogP) is 0.915. The Kier molecular flexibility index (Phi) is 8.15. The van der Waals surface area contributed by atoms with Crippen molar-refractivity contribution in [3.05, 3.63) is 55.6 Å². The summed E-state index contributed by atoms with van der Waals surface area (Å²) in [5.41, 5.74) is 5.38. The van der Waals surface area contributed by atoms with E-state index in [2.05, 4.69) is 13.2 Å². The molecule has 0 unspecified atom stereocenters. The van der Waals surface area contributed by atoms with E-state index in [9.17, 15) is 14.7 Å². The summed E-state index contributed by atoms with van der Waals surface area (Å²) in [5, 5.41) is 10.5. The fourth-order valence-corrected chi connectivity index (χ4v) is 2.57. The molecule has 1 fully saturated rings. The molecule has 0 saturated carbocycles. The number of benzene rings is 1. The topological polar surface area (TPSA) is 127 Å². The lowest BCUT2D eigenvalue weighted by molar-refractivity contribution is -0.179. The molecule has 152 valence electrons. The number of aliphatic hydroxyl groups is 1. The molecular weight excluding hydrogens is 370 g/mol. The lowest BCUT2D eigenvalue weighted by Crippen LogP contribution is -2.49. The summed E-state index contributed by atoms with van der Waals surface area (Å²) in [4.78, 5) is 24.0. The molecule has 1 saturated heterocycles. The first-order valence-corrected chi connectivity index (χ1v) is 8.49. The standard InChI is InChI=1S/C19H23NO8/c1-3-10-24-16(17(20)22)15-14(13(21)18(27-15)25-11-4-2)28-19(23)26-12-8-6-5-7-9-12/h3-9,13-16,18,21H,1-2,10-11H2,(H2,20,22)/t13-,14-,15+,16+,18-/m1/s1. The van der Waals surface area contributed by atoms with E-state index in [4.69, 9.17) is 29.4 Å². The number of rotatable bonds is 10. The van der Waals surface area contributed by atoms with Gasteiger partial charge in [-0.05, 0) is 12.1 Å². The van der Waals surface area contributed by atoms with Crippen LogP contribution < -0.4 is 10.5 Å². The van der Waals surface area contributed by atoms with Gasteiger partial charge >= 0.3 is 6.16 Å². The molecule has 1 aromatic rings. The van der Waals surface area contributed by atoms with Gasteiger partial charge in [-0.2, -0.15) is 0 Å². The minimum atomic E-state index is -1.41. The van der Waals surface area contributed by atoms with E-state index in [0.717, 1.165) is 0 Å². The normalized spacial score (nSPS) is 24.9. The van der Waals surface area contributed by atoms with E-state index in [-0.39, 0.29) is 19.0 Å². The molecule has 0 aromatic heterocycles. The van der Waals surface area contributed by atoms with E-state index in [1.165, 1.54) is 12.2 Å². The van der Waals surface area contributed by atoms with E-state index in [1.807, 2.05) is 0 Å². The molecule has 0 aliphatic carbocycles. The van der Waals surface area contributed by atoms with Crippen LogP contribution in [0.5, 0.6) is 5.75 Å². The summed E-state index contributed by atoms with van der Waals surface area (Å²) in [5.74, 6) is -0.625. The molecule has 1 aromatic carbocycles. The molecular formula is C19H23NO8. The number of para-hydroxylation sites is 1. The zero-order valence-electron chi connectivity index (χ0n) is 15.1. The quantitative estimate of drug-likeness (QED) is 0.341. The third-order valence-corrected chi connectivity index (χ3v) is 3.76. The van der Waals surface area contributed by atoms with Crippen LogP contribution in [0.4, 0.5) is 4.79 Å². The number of carbonyl (C=O) groups is 2. The summed E-state index contributed by atoms with van der Waals surface area (Å²) >= 11 is 0. The summed E-state index contributed by atoms with van der Waals surface area (Å²) in [6.45, 7) is 7.05. The van der Waals surface area contributed by atoms with Gasteiger partial charge in [-0.15, -0.1) is 13.2 Å². The Labute approximate surface area is 162 Å². The van der Waals surface area contributed by atoms with Crippen molar-refractivity contribution in [2.45, 2.75) is 30.7 Å². The van der Waals surface area contributed by atoms with E-state index < -0.39 is 42.8 Å². The molecule has 3 N–H and O–H groups in total. The van der Waals surface area contributed by atoms with Crippen LogP contribution in [0.2, 0.25) is 0 Å². The van der Waals surface area contributed by atoms with Gasteiger partial charge in [0, 0.05) is 0 Å². The number of carbonyl (C=O) groups excluding carboxylic acids is 2. The fraction of sp³-hybridized carbons (Fsp3) is 0.368. The Hall–Kier alpha value is -2.72. The Morgan fingerprint density at radius 2 is 1.89 bits per heavy atom. The molecule has 5 atom stereocenters. The highest BCUT2D eigenvalue weighted by Gasteiger charge is 2.52. The van der Waals surface area contributed by atoms with Gasteiger partial charge < -0.3 is 34.5 Å². The monoisotopic (exact) mass is 393 g/mol. The van der Waals surface area contributed by atoms with Crippen LogP contribution in [0, 0.1) is 0 Å². The Morgan fingerprint density at radius 3 is 2.50 bits per heavy atom. The Morgan fingerprint density at radius 1 is 1.21 bits per heavy atom. The van der Waals surface area contributed by atoms with Crippen molar-refractivity contribution >= 4 is 12.1 Å². The molecule has 1 heterocycles. The number of hydrogen-bond acceptors (Lipinski definition) is 8. The highest BCUT2D eigenvalue weighted by atomic mass is 16.8. The SMILES string of the molecule is C=CCO[C@@H]1O[C@H]([C@H](OCC=C)C(N)=O)[C@H](OC(=O)Oc2ccccc2)[C@H]1O. The van der Waals surface area contributed by atoms with Crippen LogP contribution in [0.3, 0.4) is 0 Å². The number of nitrogens with two attached hydrogens (primary N) is 1. The lowest BCUT2D eigenvalue weighted by atomic mass is 10.1. The average Bonchev–Trinajstić information content (AvgIpc) is 2.96. The van der Waals surface area contributed by atoms with Crippen LogP contribution in [-0.2, 0) is 23.7 Å². The molecule has 9 heteroatoms. The van der Waals surface area contributed by atoms with Gasteiger partial charge in [0.25, 0.3) is 0 Å².